The molecule has 15 nitrogen and oxygen atoms in total. The minimum absolute atomic E-state index is 0.0381. The molecule has 4 aliphatic rings. The summed E-state index contributed by atoms with van der Waals surface area (Å²) in [6, 6.07) is 10.3. The number of methoxy groups -OCH3 is 2. The highest BCUT2D eigenvalue weighted by molar-refractivity contribution is 5.45. The maximum atomic E-state index is 10.7. The van der Waals surface area contributed by atoms with Gasteiger partial charge >= 0.3 is 0 Å². The Morgan fingerprint density at radius 1 is 0.660 bits per heavy atom. The molecule has 4 saturated heterocycles. The molecule has 0 aliphatic carbocycles. The van der Waals surface area contributed by atoms with Crippen LogP contribution in [-0.2, 0) is 23.7 Å². The zero-order chi connectivity index (χ0) is 33.6. The Kier molecular flexibility index (Phi) is 10.1. The molecule has 0 amide bonds. The third kappa shape index (κ3) is 6.50. The van der Waals surface area contributed by atoms with Gasteiger partial charge in [-0.2, -0.15) is 0 Å². The van der Waals surface area contributed by atoms with Gasteiger partial charge in [-0.15, -0.1) is 0 Å². The lowest BCUT2D eigenvalue weighted by Gasteiger charge is -2.42. The molecule has 14 atom stereocenters. The molecule has 0 bridgehead atoms. The van der Waals surface area contributed by atoms with Gasteiger partial charge in [0.1, 0.15) is 42.7 Å². The van der Waals surface area contributed by atoms with Crippen LogP contribution in [0.4, 0.5) is 0 Å². The van der Waals surface area contributed by atoms with E-state index in [2.05, 4.69) is 0 Å². The Morgan fingerprint density at radius 2 is 1.23 bits per heavy atom. The van der Waals surface area contributed by atoms with Crippen molar-refractivity contribution in [1.29, 1.82) is 0 Å². The zero-order valence-electron chi connectivity index (χ0n) is 26.1. The van der Waals surface area contributed by atoms with E-state index in [1.165, 1.54) is 21.1 Å². The molecule has 260 valence electrons. The first-order chi connectivity index (χ1) is 22.5. The predicted molar refractivity (Wildman–Crippen MR) is 158 cm³/mol. The lowest BCUT2D eigenvalue weighted by atomic mass is 9.85. The lowest BCUT2D eigenvalue weighted by Crippen LogP contribution is -2.61. The van der Waals surface area contributed by atoms with Crippen molar-refractivity contribution in [2.75, 3.05) is 34.0 Å². The summed E-state index contributed by atoms with van der Waals surface area (Å²) in [5, 5.41) is 72.0. The van der Waals surface area contributed by atoms with Crippen molar-refractivity contribution < 1.29 is 73.6 Å². The fourth-order valence-corrected chi connectivity index (χ4v) is 6.68. The molecule has 47 heavy (non-hydrogen) atoms. The average molecular weight is 667 g/mol. The molecular weight excluding hydrogens is 624 g/mol. The minimum atomic E-state index is -1.68. The molecule has 0 radical (unpaired) electrons. The van der Waals surface area contributed by atoms with Gasteiger partial charge in [0.25, 0.3) is 0 Å². The van der Waals surface area contributed by atoms with E-state index < -0.39 is 68.0 Å². The van der Waals surface area contributed by atoms with Crippen molar-refractivity contribution in [3.63, 3.8) is 0 Å². The SMILES string of the molecule is COc1cc([C@H]2OC[C@H]3[C@@H]2CO[C@@H]3c2ccc(O[C@@H]3O[C@@H](CO[C@@H]4O[C@H](C)[C@H](O)[C@H](O)[C@@H]4O)[C@H](O)[C@@H](O)[C@@H]3O)c(OC)c2)ccc1O. The van der Waals surface area contributed by atoms with E-state index in [1.54, 1.807) is 30.3 Å². The second-order valence-corrected chi connectivity index (χ2v) is 12.3. The summed E-state index contributed by atoms with van der Waals surface area (Å²) >= 11 is 0. The van der Waals surface area contributed by atoms with Crippen LogP contribution < -0.4 is 14.2 Å². The molecule has 6 rings (SSSR count). The smallest absolute Gasteiger partial charge is 0.229 e. The second kappa shape index (κ2) is 14.0. The third-order valence-corrected chi connectivity index (χ3v) is 9.46. The van der Waals surface area contributed by atoms with Crippen LogP contribution in [0, 0.1) is 11.8 Å². The molecule has 7 N–H and O–H groups in total. The molecule has 0 spiro atoms. The topological polar surface area (TPSA) is 215 Å². The molecule has 0 aromatic heterocycles. The summed E-state index contributed by atoms with van der Waals surface area (Å²) in [4.78, 5) is 0. The molecule has 4 fully saturated rings. The maximum Gasteiger partial charge on any atom is 0.229 e. The number of hydrogen-bond acceptors (Lipinski definition) is 15. The van der Waals surface area contributed by atoms with Crippen molar-refractivity contribution in [1.82, 2.24) is 0 Å². The van der Waals surface area contributed by atoms with E-state index >= 15 is 0 Å². The number of ether oxygens (including phenoxy) is 8. The predicted octanol–water partition coefficient (Wildman–Crippen LogP) is -0.485. The first-order valence-corrected chi connectivity index (χ1v) is 15.5. The standard InChI is InChI=1S/C32H42O15/c1-13-23(34)25(36)27(38)31(45-13)44-12-22-24(35)26(37)28(39)32(47-22)46-19-7-5-15(9-21(19)41-3)30-17-11-42-29(16(17)10-43-30)14-4-6-18(33)20(8-14)40-2/h4-9,13,16-17,22-39H,10-12H2,1-3H3/t13-,16+,17+,22+,23+,24+,25+,26-,27+,28+,29-,30-,31-,32-/m1/s1. The van der Waals surface area contributed by atoms with Crippen molar-refractivity contribution >= 4 is 0 Å². The van der Waals surface area contributed by atoms with Gasteiger partial charge in [-0.1, -0.05) is 12.1 Å². The van der Waals surface area contributed by atoms with Gasteiger partial charge in [0, 0.05) is 11.8 Å². The van der Waals surface area contributed by atoms with Gasteiger partial charge in [-0.3, -0.25) is 0 Å². The van der Waals surface area contributed by atoms with Crippen LogP contribution in [0.25, 0.3) is 0 Å². The molecule has 4 aliphatic heterocycles. The van der Waals surface area contributed by atoms with Crippen molar-refractivity contribution in [3.8, 4) is 23.0 Å². The summed E-state index contributed by atoms with van der Waals surface area (Å²) in [6.45, 7) is 1.99. The van der Waals surface area contributed by atoms with E-state index in [4.69, 9.17) is 37.9 Å². The number of benzene rings is 2. The van der Waals surface area contributed by atoms with Crippen LogP contribution >= 0.6 is 0 Å². The van der Waals surface area contributed by atoms with Gasteiger partial charge in [0.05, 0.1) is 52.4 Å². The average Bonchev–Trinajstić information content (AvgIpc) is 3.69. The van der Waals surface area contributed by atoms with Crippen LogP contribution in [0.15, 0.2) is 36.4 Å². The summed E-state index contributed by atoms with van der Waals surface area (Å²) in [7, 11) is 2.94. The number of phenols is 1. The van der Waals surface area contributed by atoms with Gasteiger partial charge in [-0.05, 0) is 42.3 Å². The molecule has 4 heterocycles. The Morgan fingerprint density at radius 3 is 1.87 bits per heavy atom. The molecule has 0 saturated carbocycles. The Hall–Kier alpha value is -2.80. The van der Waals surface area contributed by atoms with E-state index in [1.807, 2.05) is 6.07 Å². The normalized spacial score (nSPS) is 40.2. The largest absolute Gasteiger partial charge is 0.504 e. The quantitative estimate of drug-likeness (QED) is 0.180. The molecule has 2 aromatic carbocycles. The first-order valence-electron chi connectivity index (χ1n) is 15.5. The third-order valence-electron chi connectivity index (χ3n) is 9.46. The van der Waals surface area contributed by atoms with Crippen molar-refractivity contribution in [2.45, 2.75) is 80.5 Å². The summed E-state index contributed by atoms with van der Waals surface area (Å²) in [6.07, 6.45) is -14.8. The van der Waals surface area contributed by atoms with Gasteiger partial charge < -0.3 is 73.6 Å². The maximum absolute atomic E-state index is 10.7. The number of fused-ring (bicyclic) bond motifs is 1. The Labute approximate surface area is 270 Å². The van der Waals surface area contributed by atoms with Gasteiger partial charge in [0.2, 0.25) is 6.29 Å². The number of phenolic OH excluding ortho intramolecular Hbond substituents is 1. The first kappa shape index (κ1) is 34.1. The van der Waals surface area contributed by atoms with E-state index in [9.17, 15) is 35.7 Å². The van der Waals surface area contributed by atoms with Crippen LogP contribution in [0.3, 0.4) is 0 Å². The highest BCUT2D eigenvalue weighted by atomic mass is 16.7. The number of aromatic hydroxyl groups is 1. The molecule has 0 unspecified atom stereocenters. The summed E-state index contributed by atoms with van der Waals surface area (Å²) in [5.41, 5.74) is 1.70. The molecule has 2 aromatic rings. The van der Waals surface area contributed by atoms with Gasteiger partial charge in [-0.25, -0.2) is 0 Å². The summed E-state index contributed by atoms with van der Waals surface area (Å²) in [5.74, 6) is 1.00. The zero-order valence-corrected chi connectivity index (χ0v) is 26.1. The van der Waals surface area contributed by atoms with E-state index in [-0.39, 0.29) is 35.5 Å². The van der Waals surface area contributed by atoms with Crippen LogP contribution in [0.5, 0.6) is 23.0 Å². The second-order valence-electron chi connectivity index (χ2n) is 12.3. The number of aliphatic hydroxyl groups is 6. The number of hydrogen-bond donors (Lipinski definition) is 7. The Balaban J connectivity index is 1.12. The molecular formula is C32H42O15. The minimum Gasteiger partial charge on any atom is -0.504 e. The highest BCUT2D eigenvalue weighted by Crippen LogP contribution is 2.51. The Bertz CT molecular complexity index is 1380. The lowest BCUT2D eigenvalue weighted by molar-refractivity contribution is -0.318. The van der Waals surface area contributed by atoms with Crippen molar-refractivity contribution in [3.05, 3.63) is 47.5 Å². The summed E-state index contributed by atoms with van der Waals surface area (Å²) < 4.78 is 45.9. The fraction of sp³-hybridized carbons (Fsp3) is 0.625. The fourth-order valence-electron chi connectivity index (χ4n) is 6.68. The highest BCUT2D eigenvalue weighted by Gasteiger charge is 2.49. The number of rotatable bonds is 9. The monoisotopic (exact) mass is 666 g/mol. The number of aliphatic hydroxyl groups excluding tert-OH is 6. The molecule has 15 heteroatoms. The van der Waals surface area contributed by atoms with E-state index in [0.29, 0.717) is 24.7 Å². The van der Waals surface area contributed by atoms with E-state index in [0.717, 1.165) is 11.1 Å². The van der Waals surface area contributed by atoms with Crippen molar-refractivity contribution in [2.24, 2.45) is 11.8 Å². The van der Waals surface area contributed by atoms with Crippen LogP contribution in [0.1, 0.15) is 30.3 Å². The van der Waals surface area contributed by atoms with Crippen LogP contribution in [-0.4, -0.2) is 131 Å². The van der Waals surface area contributed by atoms with Gasteiger partial charge in [0.15, 0.2) is 29.3 Å². The van der Waals surface area contributed by atoms with Crippen LogP contribution in [0.2, 0.25) is 0 Å².